The lowest BCUT2D eigenvalue weighted by Gasteiger charge is -2.05. The van der Waals surface area contributed by atoms with Crippen LogP contribution in [0.25, 0.3) is 11.1 Å². The zero-order valence-electron chi connectivity index (χ0n) is 15.1. The van der Waals surface area contributed by atoms with E-state index < -0.39 is 0 Å². The summed E-state index contributed by atoms with van der Waals surface area (Å²) in [6, 6.07) is 14.7. The summed E-state index contributed by atoms with van der Waals surface area (Å²) in [5, 5.41) is 3.08. The second-order valence-electron chi connectivity index (χ2n) is 6.19. The van der Waals surface area contributed by atoms with Gasteiger partial charge < -0.3 is 14.5 Å². The van der Waals surface area contributed by atoms with Crippen molar-refractivity contribution in [2.24, 2.45) is 0 Å². The second-order valence-corrected chi connectivity index (χ2v) is 6.19. The topological polar surface area (TPSA) is 73.1 Å². The summed E-state index contributed by atoms with van der Waals surface area (Å²) >= 11 is 0. The van der Waals surface area contributed by atoms with Gasteiger partial charge in [0.15, 0.2) is 22.8 Å². The SMILES string of the molecule is Fc1cccnc1CNc1nccc2oc(CCOCc3ccccc3)nc12. The van der Waals surface area contributed by atoms with Crippen LogP contribution < -0.4 is 5.32 Å². The zero-order valence-corrected chi connectivity index (χ0v) is 15.1. The van der Waals surface area contributed by atoms with Crippen LogP contribution in [0.4, 0.5) is 10.2 Å². The number of nitrogens with zero attached hydrogens (tertiary/aromatic N) is 3. The Morgan fingerprint density at radius 3 is 2.75 bits per heavy atom. The smallest absolute Gasteiger partial charge is 0.197 e. The number of nitrogens with one attached hydrogen (secondary N) is 1. The molecule has 6 nitrogen and oxygen atoms in total. The van der Waals surface area contributed by atoms with Gasteiger partial charge in [0.25, 0.3) is 0 Å². The van der Waals surface area contributed by atoms with Crippen molar-refractivity contribution in [2.45, 2.75) is 19.6 Å². The van der Waals surface area contributed by atoms with E-state index in [4.69, 9.17) is 9.15 Å². The number of oxazole rings is 1. The van der Waals surface area contributed by atoms with Gasteiger partial charge >= 0.3 is 0 Å². The maximum atomic E-state index is 13.7. The van der Waals surface area contributed by atoms with Crippen LogP contribution in [0, 0.1) is 5.82 Å². The van der Waals surface area contributed by atoms with Gasteiger partial charge in [-0.25, -0.2) is 14.4 Å². The summed E-state index contributed by atoms with van der Waals surface area (Å²) in [5.74, 6) is 0.740. The molecule has 0 atom stereocenters. The second kappa shape index (κ2) is 8.58. The van der Waals surface area contributed by atoms with Crippen molar-refractivity contribution in [1.82, 2.24) is 15.0 Å². The molecule has 4 aromatic rings. The third-order valence-corrected chi connectivity index (χ3v) is 4.18. The van der Waals surface area contributed by atoms with Crippen LogP contribution in [0.5, 0.6) is 0 Å². The standard InChI is InChI=1S/C21H19FN4O2/c22-16-7-4-10-23-17(16)13-25-21-20-18(8-11-24-21)28-19(26-20)9-12-27-14-15-5-2-1-3-6-15/h1-8,10-11H,9,12-14H2,(H,24,25). The van der Waals surface area contributed by atoms with Crippen LogP contribution in [-0.2, 0) is 24.3 Å². The van der Waals surface area contributed by atoms with Crippen molar-refractivity contribution in [2.75, 3.05) is 11.9 Å². The van der Waals surface area contributed by atoms with Gasteiger partial charge in [0.1, 0.15) is 5.82 Å². The lowest BCUT2D eigenvalue weighted by molar-refractivity contribution is 0.120. The maximum absolute atomic E-state index is 13.7. The molecule has 1 N–H and O–H groups in total. The Hall–Kier alpha value is -3.32. The normalized spacial score (nSPS) is 11.0. The summed E-state index contributed by atoms with van der Waals surface area (Å²) in [5.41, 5.74) is 2.67. The van der Waals surface area contributed by atoms with E-state index in [2.05, 4.69) is 20.3 Å². The molecule has 0 aliphatic rings. The molecular weight excluding hydrogens is 359 g/mol. The average Bonchev–Trinajstić information content (AvgIpc) is 3.15. The fraction of sp³-hybridized carbons (Fsp3) is 0.190. The number of fused-ring (bicyclic) bond motifs is 1. The highest BCUT2D eigenvalue weighted by molar-refractivity contribution is 5.83. The molecule has 142 valence electrons. The molecule has 0 spiro atoms. The summed E-state index contributed by atoms with van der Waals surface area (Å²) < 4.78 is 25.2. The lowest BCUT2D eigenvalue weighted by atomic mass is 10.2. The highest BCUT2D eigenvalue weighted by Crippen LogP contribution is 2.22. The summed E-state index contributed by atoms with van der Waals surface area (Å²) in [4.78, 5) is 12.8. The number of benzene rings is 1. The Labute approximate surface area is 161 Å². The molecule has 0 bridgehead atoms. The number of halogens is 1. The Morgan fingerprint density at radius 1 is 1.00 bits per heavy atom. The molecule has 0 aliphatic heterocycles. The third kappa shape index (κ3) is 4.32. The van der Waals surface area contributed by atoms with E-state index in [1.807, 2.05) is 30.3 Å². The van der Waals surface area contributed by atoms with Gasteiger partial charge in [-0.05, 0) is 17.7 Å². The van der Waals surface area contributed by atoms with Crippen molar-refractivity contribution in [3.63, 3.8) is 0 Å². The third-order valence-electron chi connectivity index (χ3n) is 4.18. The molecule has 28 heavy (non-hydrogen) atoms. The molecular formula is C21H19FN4O2. The molecule has 3 aromatic heterocycles. The molecule has 4 rings (SSSR count). The predicted octanol–water partition coefficient (Wildman–Crippen LogP) is 4.13. The summed E-state index contributed by atoms with van der Waals surface area (Å²) in [6.07, 6.45) is 3.73. The highest BCUT2D eigenvalue weighted by atomic mass is 19.1. The van der Waals surface area contributed by atoms with Gasteiger partial charge in [-0.15, -0.1) is 0 Å². The lowest BCUT2D eigenvalue weighted by Crippen LogP contribution is -2.05. The monoisotopic (exact) mass is 378 g/mol. The Bertz CT molecular complexity index is 1050. The number of ether oxygens (including phenoxy) is 1. The van der Waals surface area contributed by atoms with Crippen molar-refractivity contribution in [3.8, 4) is 0 Å². The number of pyridine rings is 2. The van der Waals surface area contributed by atoms with Crippen LogP contribution in [0.3, 0.4) is 0 Å². The first-order valence-corrected chi connectivity index (χ1v) is 8.99. The van der Waals surface area contributed by atoms with Crippen molar-refractivity contribution in [3.05, 3.63) is 83.9 Å². The van der Waals surface area contributed by atoms with E-state index >= 15 is 0 Å². The molecule has 0 aliphatic carbocycles. The van der Waals surface area contributed by atoms with Crippen LogP contribution in [-0.4, -0.2) is 21.6 Å². The van der Waals surface area contributed by atoms with Crippen molar-refractivity contribution >= 4 is 16.9 Å². The highest BCUT2D eigenvalue weighted by Gasteiger charge is 2.12. The number of hydrogen-bond acceptors (Lipinski definition) is 6. The predicted molar refractivity (Wildman–Crippen MR) is 103 cm³/mol. The minimum atomic E-state index is -0.362. The fourth-order valence-corrected chi connectivity index (χ4v) is 2.78. The van der Waals surface area contributed by atoms with Crippen molar-refractivity contribution in [1.29, 1.82) is 0 Å². The molecule has 0 amide bonds. The van der Waals surface area contributed by atoms with Crippen LogP contribution >= 0.6 is 0 Å². The molecule has 1 aromatic carbocycles. The Balaban J connectivity index is 1.38. The van der Waals surface area contributed by atoms with Gasteiger partial charge in [-0.2, -0.15) is 0 Å². The van der Waals surface area contributed by atoms with E-state index in [-0.39, 0.29) is 12.4 Å². The van der Waals surface area contributed by atoms with Crippen LogP contribution in [0.15, 0.2) is 65.3 Å². The Morgan fingerprint density at radius 2 is 1.89 bits per heavy atom. The van der Waals surface area contributed by atoms with Crippen LogP contribution in [0.1, 0.15) is 17.1 Å². The van der Waals surface area contributed by atoms with E-state index in [1.165, 1.54) is 6.07 Å². The fourth-order valence-electron chi connectivity index (χ4n) is 2.78. The average molecular weight is 378 g/mol. The molecule has 0 unspecified atom stereocenters. The molecule has 0 radical (unpaired) electrons. The molecule has 3 heterocycles. The zero-order chi connectivity index (χ0) is 19.2. The van der Waals surface area contributed by atoms with E-state index in [0.717, 1.165) is 5.56 Å². The molecule has 0 fully saturated rings. The summed E-state index contributed by atoms with van der Waals surface area (Å²) in [7, 11) is 0. The van der Waals surface area contributed by atoms with Gasteiger partial charge in [-0.3, -0.25) is 4.98 Å². The van der Waals surface area contributed by atoms with Gasteiger partial charge in [0, 0.05) is 24.9 Å². The number of hydrogen-bond donors (Lipinski definition) is 1. The van der Waals surface area contributed by atoms with Gasteiger partial charge in [0.2, 0.25) is 0 Å². The number of aromatic nitrogens is 3. The largest absolute Gasteiger partial charge is 0.440 e. The van der Waals surface area contributed by atoms with Gasteiger partial charge in [-0.1, -0.05) is 30.3 Å². The summed E-state index contributed by atoms with van der Waals surface area (Å²) in [6.45, 7) is 1.25. The molecule has 0 saturated carbocycles. The minimum absolute atomic E-state index is 0.209. The number of rotatable bonds is 8. The van der Waals surface area contributed by atoms with Crippen molar-refractivity contribution < 1.29 is 13.5 Å². The van der Waals surface area contributed by atoms with E-state index in [0.29, 0.717) is 48.1 Å². The molecule has 0 saturated heterocycles. The maximum Gasteiger partial charge on any atom is 0.197 e. The molecule has 7 heteroatoms. The quantitative estimate of drug-likeness (QED) is 0.465. The van der Waals surface area contributed by atoms with Gasteiger partial charge in [0.05, 0.1) is 25.5 Å². The van der Waals surface area contributed by atoms with Crippen LogP contribution in [0.2, 0.25) is 0 Å². The minimum Gasteiger partial charge on any atom is -0.440 e. The first kappa shape index (κ1) is 18.1. The number of anilines is 1. The first-order valence-electron chi connectivity index (χ1n) is 8.99. The first-order chi connectivity index (χ1) is 13.8. The Kier molecular flexibility index (Phi) is 5.53. The van der Waals surface area contributed by atoms with E-state index in [9.17, 15) is 4.39 Å². The van der Waals surface area contributed by atoms with E-state index in [1.54, 1.807) is 24.5 Å².